The summed E-state index contributed by atoms with van der Waals surface area (Å²) in [5, 5.41) is 10.2. The first-order valence-corrected chi connectivity index (χ1v) is 9.56. The Morgan fingerprint density at radius 3 is 2.83 bits per heavy atom. The van der Waals surface area contributed by atoms with Crippen molar-refractivity contribution in [3.8, 4) is 0 Å². The van der Waals surface area contributed by atoms with E-state index in [1.165, 1.54) is 6.26 Å². The highest BCUT2D eigenvalue weighted by Crippen LogP contribution is 2.30. The maximum absolute atomic E-state index is 11.6. The van der Waals surface area contributed by atoms with E-state index in [1.54, 1.807) is 12.1 Å². The van der Waals surface area contributed by atoms with Crippen molar-refractivity contribution in [3.63, 3.8) is 0 Å². The number of sulfone groups is 1. The van der Waals surface area contributed by atoms with Crippen LogP contribution in [-0.4, -0.2) is 49.0 Å². The second-order valence-electron chi connectivity index (χ2n) is 6.07. The summed E-state index contributed by atoms with van der Waals surface area (Å²) >= 11 is 0. The topological polar surface area (TPSA) is 87.8 Å². The molecule has 0 radical (unpaired) electrons. The molecule has 2 heterocycles. The summed E-state index contributed by atoms with van der Waals surface area (Å²) in [5.74, 6) is -1.06. The van der Waals surface area contributed by atoms with Crippen LogP contribution in [0.5, 0.6) is 0 Å². The smallest absolute Gasteiger partial charge is 0.372 e. The molecule has 23 heavy (non-hydrogen) atoms. The second kappa shape index (κ2) is 5.98. The van der Waals surface area contributed by atoms with Crippen molar-refractivity contribution in [2.45, 2.75) is 25.4 Å². The first-order valence-electron chi connectivity index (χ1n) is 7.50. The fourth-order valence-electron chi connectivity index (χ4n) is 3.27. The predicted octanol–water partition coefficient (Wildman–Crippen LogP) is 2.14. The van der Waals surface area contributed by atoms with Crippen molar-refractivity contribution in [2.75, 3.05) is 18.6 Å². The maximum atomic E-state index is 11.6. The van der Waals surface area contributed by atoms with Gasteiger partial charge in [0.05, 0.1) is 5.75 Å². The van der Waals surface area contributed by atoms with Crippen LogP contribution in [0.2, 0.25) is 0 Å². The quantitative estimate of drug-likeness (QED) is 0.899. The minimum atomic E-state index is -3.07. The van der Waals surface area contributed by atoms with Crippen LogP contribution in [0.15, 0.2) is 28.7 Å². The maximum Gasteiger partial charge on any atom is 0.372 e. The number of likely N-dealkylation sites (tertiary alicyclic amines) is 1. The Labute approximate surface area is 134 Å². The van der Waals surface area contributed by atoms with Crippen LogP contribution in [0, 0.1) is 0 Å². The monoisotopic (exact) mass is 337 g/mol. The van der Waals surface area contributed by atoms with Gasteiger partial charge in [-0.2, -0.15) is 0 Å². The standard InChI is InChI=1S/C16H19NO5S/c1-23(20,21)10-11-5-4-8-17(11)9-13-12-6-2-3-7-14(12)22-15(13)16(18)19/h2-3,6-7,11H,4-5,8-10H2,1H3,(H,18,19)/t11-/m1/s1. The summed E-state index contributed by atoms with van der Waals surface area (Å²) in [4.78, 5) is 13.5. The minimum absolute atomic E-state index is 0.0591. The van der Waals surface area contributed by atoms with E-state index in [2.05, 4.69) is 0 Å². The number of benzene rings is 1. The van der Waals surface area contributed by atoms with Crippen LogP contribution in [-0.2, 0) is 16.4 Å². The molecule has 0 saturated carbocycles. The van der Waals surface area contributed by atoms with Gasteiger partial charge in [0.15, 0.2) is 0 Å². The number of carboxylic acids is 1. The number of rotatable bonds is 5. The van der Waals surface area contributed by atoms with Gasteiger partial charge in [-0.3, -0.25) is 4.90 Å². The van der Waals surface area contributed by atoms with E-state index < -0.39 is 15.8 Å². The number of fused-ring (bicyclic) bond motifs is 1. The lowest BCUT2D eigenvalue weighted by Crippen LogP contribution is -2.34. The first kappa shape index (κ1) is 16.0. The third-order valence-corrected chi connectivity index (χ3v) is 5.24. The van der Waals surface area contributed by atoms with Crippen LogP contribution >= 0.6 is 0 Å². The molecule has 0 unspecified atom stereocenters. The molecule has 0 aliphatic carbocycles. The van der Waals surface area contributed by atoms with Crippen LogP contribution in [0.1, 0.15) is 29.0 Å². The van der Waals surface area contributed by atoms with E-state index in [0.717, 1.165) is 24.8 Å². The zero-order valence-electron chi connectivity index (χ0n) is 12.9. The van der Waals surface area contributed by atoms with Crippen molar-refractivity contribution in [2.24, 2.45) is 0 Å². The summed E-state index contributed by atoms with van der Waals surface area (Å²) in [6.07, 6.45) is 2.96. The Morgan fingerprint density at radius 2 is 2.13 bits per heavy atom. The zero-order chi connectivity index (χ0) is 16.6. The summed E-state index contributed by atoms with van der Waals surface area (Å²) in [7, 11) is -3.07. The molecule has 0 amide bonds. The van der Waals surface area contributed by atoms with Gasteiger partial charge in [0.25, 0.3) is 0 Å². The Hall–Kier alpha value is -1.86. The molecule has 1 aromatic heterocycles. The first-order chi connectivity index (χ1) is 10.8. The Bertz CT molecular complexity index is 839. The lowest BCUT2D eigenvalue weighted by molar-refractivity contribution is 0.0661. The number of furan rings is 1. The van der Waals surface area contributed by atoms with E-state index in [1.807, 2.05) is 17.0 Å². The molecule has 2 aromatic rings. The van der Waals surface area contributed by atoms with Crippen LogP contribution in [0.25, 0.3) is 11.0 Å². The Balaban J connectivity index is 1.94. The van der Waals surface area contributed by atoms with Crippen LogP contribution in [0.4, 0.5) is 0 Å². The van der Waals surface area contributed by atoms with E-state index in [0.29, 0.717) is 17.7 Å². The normalized spacial score (nSPS) is 19.4. The van der Waals surface area contributed by atoms with Crippen molar-refractivity contribution >= 4 is 26.8 Å². The summed E-state index contributed by atoms with van der Waals surface area (Å²) in [5.41, 5.74) is 1.16. The van der Waals surface area contributed by atoms with Gasteiger partial charge in [0.1, 0.15) is 15.4 Å². The largest absolute Gasteiger partial charge is 0.475 e. The lowest BCUT2D eigenvalue weighted by Gasteiger charge is -2.23. The van der Waals surface area contributed by atoms with Crippen LogP contribution in [0.3, 0.4) is 0 Å². The number of carbonyl (C=O) groups is 1. The van der Waals surface area contributed by atoms with E-state index in [-0.39, 0.29) is 17.6 Å². The van der Waals surface area contributed by atoms with E-state index in [4.69, 9.17) is 4.42 Å². The molecule has 1 atom stereocenters. The highest BCUT2D eigenvalue weighted by Gasteiger charge is 2.30. The molecule has 0 spiro atoms. The number of hydrogen-bond acceptors (Lipinski definition) is 5. The van der Waals surface area contributed by atoms with Crippen molar-refractivity contribution < 1.29 is 22.7 Å². The minimum Gasteiger partial charge on any atom is -0.475 e. The molecule has 1 fully saturated rings. The SMILES string of the molecule is CS(=O)(=O)C[C@H]1CCCN1Cc1c(C(=O)O)oc2ccccc12. The average Bonchev–Trinajstić information content (AvgIpc) is 3.03. The number of nitrogens with zero attached hydrogens (tertiary/aromatic N) is 1. The lowest BCUT2D eigenvalue weighted by atomic mass is 10.1. The number of aromatic carboxylic acids is 1. The van der Waals surface area contributed by atoms with Crippen molar-refractivity contribution in [1.29, 1.82) is 0 Å². The molecule has 1 aliphatic heterocycles. The molecule has 1 saturated heterocycles. The highest BCUT2D eigenvalue weighted by molar-refractivity contribution is 7.90. The molecule has 124 valence electrons. The van der Waals surface area contributed by atoms with Crippen LogP contribution < -0.4 is 0 Å². The third kappa shape index (κ3) is 3.40. The second-order valence-corrected chi connectivity index (χ2v) is 8.25. The zero-order valence-corrected chi connectivity index (χ0v) is 13.7. The molecule has 7 heteroatoms. The average molecular weight is 337 g/mol. The predicted molar refractivity (Wildman–Crippen MR) is 86.3 cm³/mol. The third-order valence-electron chi connectivity index (χ3n) is 4.25. The number of para-hydroxylation sites is 1. The molecule has 1 N–H and O–H groups in total. The van der Waals surface area contributed by atoms with Gasteiger partial charge >= 0.3 is 5.97 Å². The van der Waals surface area contributed by atoms with Crippen molar-refractivity contribution in [3.05, 3.63) is 35.6 Å². The van der Waals surface area contributed by atoms with Gasteiger partial charge in [-0.25, -0.2) is 13.2 Å². The van der Waals surface area contributed by atoms with Gasteiger partial charge in [0, 0.05) is 29.8 Å². The van der Waals surface area contributed by atoms with Gasteiger partial charge in [-0.1, -0.05) is 18.2 Å². The molecule has 6 nitrogen and oxygen atoms in total. The highest BCUT2D eigenvalue weighted by atomic mass is 32.2. The molecular formula is C16H19NO5S. The van der Waals surface area contributed by atoms with Gasteiger partial charge in [-0.05, 0) is 25.5 Å². The van der Waals surface area contributed by atoms with E-state index in [9.17, 15) is 18.3 Å². The number of hydrogen-bond donors (Lipinski definition) is 1. The fraction of sp³-hybridized carbons (Fsp3) is 0.438. The Morgan fingerprint density at radius 1 is 1.39 bits per heavy atom. The van der Waals surface area contributed by atoms with E-state index >= 15 is 0 Å². The summed E-state index contributed by atoms with van der Waals surface area (Å²) in [6.45, 7) is 1.15. The summed E-state index contributed by atoms with van der Waals surface area (Å²) < 4.78 is 28.6. The molecule has 1 aromatic carbocycles. The Kier molecular flexibility index (Phi) is 4.16. The molecule has 3 rings (SSSR count). The van der Waals surface area contributed by atoms with Gasteiger partial charge in [-0.15, -0.1) is 0 Å². The molecule has 1 aliphatic rings. The van der Waals surface area contributed by atoms with Crippen molar-refractivity contribution in [1.82, 2.24) is 4.90 Å². The molecule has 0 bridgehead atoms. The number of carboxylic acid groups (broad SMARTS) is 1. The van der Waals surface area contributed by atoms with Gasteiger partial charge < -0.3 is 9.52 Å². The molecular weight excluding hydrogens is 318 g/mol. The summed E-state index contributed by atoms with van der Waals surface area (Å²) in [6, 6.07) is 7.14. The van der Waals surface area contributed by atoms with Gasteiger partial charge in [0.2, 0.25) is 5.76 Å². The fourth-order valence-corrected chi connectivity index (χ4v) is 4.35.